The largest absolute Gasteiger partial charge is 0.459 e. The van der Waals surface area contributed by atoms with Crippen molar-refractivity contribution >= 4 is 58.0 Å². The summed E-state index contributed by atoms with van der Waals surface area (Å²) < 4.78 is 5.22. The van der Waals surface area contributed by atoms with E-state index < -0.39 is 23.8 Å². The molecule has 7 nitrogen and oxygen atoms in total. The van der Waals surface area contributed by atoms with E-state index in [0.717, 1.165) is 0 Å². The van der Waals surface area contributed by atoms with Crippen molar-refractivity contribution in [3.8, 4) is 0 Å². The minimum Gasteiger partial charge on any atom is -0.459 e. The summed E-state index contributed by atoms with van der Waals surface area (Å²) in [6.07, 6.45) is 1.10. The van der Waals surface area contributed by atoms with E-state index in [2.05, 4.69) is 10.6 Å². The Morgan fingerprint density at radius 2 is 1.87 bits per heavy atom. The highest BCUT2D eigenvalue weighted by atomic mass is 35.5. The predicted molar refractivity (Wildman–Crippen MR) is 114 cm³/mol. The maximum Gasteiger partial charge on any atom is 0.294 e. The zero-order chi connectivity index (χ0) is 21.3. The van der Waals surface area contributed by atoms with Crippen LogP contribution >= 0.6 is 23.2 Å². The standard InChI is InChI=1S/C21H15Cl2N3O4/c22-13-8-7-12(10-14(13)23)24-19(27)11-17-20(28)25-15-4-1-2-5-16(15)26(17)21(29)18-6-3-9-30-18/h1-10,17H,11H2,(H,24,27)(H,25,28)/t17-/m0/s1. The van der Waals surface area contributed by atoms with Gasteiger partial charge in [0.25, 0.3) is 5.91 Å². The second-order valence-electron chi connectivity index (χ2n) is 6.56. The minimum absolute atomic E-state index is 0.0643. The fourth-order valence-electron chi connectivity index (χ4n) is 3.21. The molecule has 0 aliphatic carbocycles. The molecule has 1 aliphatic rings. The van der Waals surface area contributed by atoms with Crippen LogP contribution in [0.2, 0.25) is 10.0 Å². The molecule has 3 amide bonds. The molecule has 1 atom stereocenters. The van der Waals surface area contributed by atoms with Crippen LogP contribution in [0.5, 0.6) is 0 Å². The summed E-state index contributed by atoms with van der Waals surface area (Å²) >= 11 is 11.9. The van der Waals surface area contributed by atoms with Crippen LogP contribution in [0.15, 0.2) is 65.3 Å². The Balaban J connectivity index is 1.62. The van der Waals surface area contributed by atoms with Crippen LogP contribution in [0, 0.1) is 0 Å². The molecule has 0 fully saturated rings. The summed E-state index contributed by atoms with van der Waals surface area (Å²) in [5.41, 5.74) is 1.38. The van der Waals surface area contributed by atoms with E-state index in [-0.39, 0.29) is 17.2 Å². The molecule has 152 valence electrons. The number of fused-ring (bicyclic) bond motifs is 1. The quantitative estimate of drug-likeness (QED) is 0.616. The molecule has 0 bridgehead atoms. The van der Waals surface area contributed by atoms with Crippen molar-refractivity contribution in [3.63, 3.8) is 0 Å². The molecule has 0 unspecified atom stereocenters. The molecule has 2 aromatic carbocycles. The lowest BCUT2D eigenvalue weighted by atomic mass is 10.0. The Morgan fingerprint density at radius 1 is 1.07 bits per heavy atom. The van der Waals surface area contributed by atoms with Crippen molar-refractivity contribution < 1.29 is 18.8 Å². The number of nitrogens with one attached hydrogen (secondary N) is 2. The van der Waals surface area contributed by atoms with Crippen LogP contribution in [-0.4, -0.2) is 23.8 Å². The molecule has 0 saturated carbocycles. The zero-order valence-electron chi connectivity index (χ0n) is 15.4. The van der Waals surface area contributed by atoms with Gasteiger partial charge in [0.15, 0.2) is 5.76 Å². The summed E-state index contributed by atoms with van der Waals surface area (Å²) in [7, 11) is 0. The fraction of sp³-hybridized carbons (Fsp3) is 0.0952. The van der Waals surface area contributed by atoms with Gasteiger partial charge in [0.2, 0.25) is 11.8 Å². The number of amides is 3. The number of rotatable bonds is 4. The lowest BCUT2D eigenvalue weighted by Gasteiger charge is -2.35. The van der Waals surface area contributed by atoms with E-state index in [4.69, 9.17) is 27.6 Å². The van der Waals surface area contributed by atoms with Gasteiger partial charge in [-0.05, 0) is 42.5 Å². The molecular formula is C21H15Cl2N3O4. The second-order valence-corrected chi connectivity index (χ2v) is 7.37. The third-order valence-corrected chi connectivity index (χ3v) is 5.31. The molecule has 30 heavy (non-hydrogen) atoms. The van der Waals surface area contributed by atoms with Gasteiger partial charge < -0.3 is 15.1 Å². The number of hydrogen-bond donors (Lipinski definition) is 2. The Labute approximate surface area is 181 Å². The second kappa shape index (κ2) is 8.22. The van der Waals surface area contributed by atoms with Crippen molar-refractivity contribution in [2.45, 2.75) is 12.5 Å². The van der Waals surface area contributed by atoms with Gasteiger partial charge in [0.05, 0.1) is 34.1 Å². The van der Waals surface area contributed by atoms with E-state index in [1.807, 2.05) is 0 Å². The summed E-state index contributed by atoms with van der Waals surface area (Å²) in [4.78, 5) is 39.8. The maximum absolute atomic E-state index is 13.1. The third-order valence-electron chi connectivity index (χ3n) is 4.57. The van der Waals surface area contributed by atoms with Crippen molar-refractivity contribution in [2.75, 3.05) is 15.5 Å². The molecule has 0 radical (unpaired) electrons. The predicted octanol–water partition coefficient (Wildman–Crippen LogP) is 4.58. The molecular weight excluding hydrogens is 429 g/mol. The van der Waals surface area contributed by atoms with Crippen LogP contribution < -0.4 is 15.5 Å². The highest BCUT2D eigenvalue weighted by Crippen LogP contribution is 2.34. The van der Waals surface area contributed by atoms with Crippen LogP contribution in [0.1, 0.15) is 17.0 Å². The molecule has 1 aromatic heterocycles. The smallest absolute Gasteiger partial charge is 0.294 e. The average Bonchev–Trinajstić information content (AvgIpc) is 3.26. The van der Waals surface area contributed by atoms with Gasteiger partial charge in [0.1, 0.15) is 6.04 Å². The molecule has 1 aliphatic heterocycles. The molecule has 2 N–H and O–H groups in total. The summed E-state index contributed by atoms with van der Waals surface area (Å²) in [6.45, 7) is 0. The Kier molecular flexibility index (Phi) is 5.48. The van der Waals surface area contributed by atoms with Crippen LogP contribution in [0.4, 0.5) is 17.1 Å². The van der Waals surface area contributed by atoms with Gasteiger partial charge in [-0.15, -0.1) is 0 Å². The van der Waals surface area contributed by atoms with Crippen LogP contribution in [-0.2, 0) is 9.59 Å². The fourth-order valence-corrected chi connectivity index (χ4v) is 3.50. The zero-order valence-corrected chi connectivity index (χ0v) is 16.9. The third kappa shape index (κ3) is 3.90. The number of hydrogen-bond acceptors (Lipinski definition) is 4. The maximum atomic E-state index is 13.1. The number of anilines is 3. The number of carbonyl (C=O) groups is 3. The number of nitrogens with zero attached hydrogens (tertiary/aromatic N) is 1. The van der Waals surface area contributed by atoms with Gasteiger partial charge in [-0.3, -0.25) is 19.3 Å². The first kappa shape index (κ1) is 20.0. The average molecular weight is 444 g/mol. The number of furan rings is 1. The lowest BCUT2D eigenvalue weighted by molar-refractivity contribution is -0.122. The van der Waals surface area contributed by atoms with Crippen molar-refractivity contribution in [3.05, 3.63) is 76.7 Å². The van der Waals surface area contributed by atoms with Crippen LogP contribution in [0.3, 0.4) is 0 Å². The topological polar surface area (TPSA) is 91.7 Å². The SMILES string of the molecule is O=C(C[C@H]1C(=O)Nc2ccccc2N1C(=O)c1ccco1)Nc1ccc(Cl)c(Cl)c1. The van der Waals surface area contributed by atoms with Gasteiger partial charge in [0, 0.05) is 5.69 Å². The van der Waals surface area contributed by atoms with E-state index >= 15 is 0 Å². The highest BCUT2D eigenvalue weighted by Gasteiger charge is 2.39. The van der Waals surface area contributed by atoms with Crippen molar-refractivity contribution in [1.29, 1.82) is 0 Å². The van der Waals surface area contributed by atoms with Crippen molar-refractivity contribution in [2.24, 2.45) is 0 Å². The number of para-hydroxylation sites is 2. The van der Waals surface area contributed by atoms with Gasteiger partial charge in [-0.2, -0.15) is 0 Å². The van der Waals surface area contributed by atoms with E-state index in [1.54, 1.807) is 42.5 Å². The first-order chi connectivity index (χ1) is 14.4. The van der Waals surface area contributed by atoms with Gasteiger partial charge in [-0.1, -0.05) is 35.3 Å². The first-order valence-electron chi connectivity index (χ1n) is 8.96. The van der Waals surface area contributed by atoms with E-state index in [0.29, 0.717) is 22.1 Å². The Hall–Kier alpha value is -3.29. The van der Waals surface area contributed by atoms with E-state index in [9.17, 15) is 14.4 Å². The van der Waals surface area contributed by atoms with Crippen molar-refractivity contribution in [1.82, 2.24) is 0 Å². The van der Waals surface area contributed by atoms with E-state index in [1.165, 1.54) is 23.3 Å². The summed E-state index contributed by atoms with van der Waals surface area (Å²) in [6, 6.07) is 13.5. The molecule has 2 heterocycles. The number of halogens is 2. The Bertz CT molecular complexity index is 1130. The number of benzene rings is 2. The van der Waals surface area contributed by atoms with Gasteiger partial charge >= 0.3 is 0 Å². The van der Waals surface area contributed by atoms with Crippen LogP contribution in [0.25, 0.3) is 0 Å². The Morgan fingerprint density at radius 3 is 2.60 bits per heavy atom. The number of carbonyl (C=O) groups excluding carboxylic acids is 3. The molecule has 9 heteroatoms. The molecule has 0 spiro atoms. The molecule has 3 aromatic rings. The van der Waals surface area contributed by atoms with Gasteiger partial charge in [-0.25, -0.2) is 0 Å². The summed E-state index contributed by atoms with van der Waals surface area (Å²) in [5, 5.41) is 6.06. The molecule has 0 saturated heterocycles. The lowest BCUT2D eigenvalue weighted by Crippen LogP contribution is -2.52. The molecule has 4 rings (SSSR count). The summed E-state index contributed by atoms with van der Waals surface area (Å²) in [5.74, 6) is -1.40. The first-order valence-corrected chi connectivity index (χ1v) is 9.71. The normalized spacial score (nSPS) is 15.3. The minimum atomic E-state index is -1.07. The highest BCUT2D eigenvalue weighted by molar-refractivity contribution is 6.42. The monoisotopic (exact) mass is 443 g/mol.